The Labute approximate surface area is 124 Å². The summed E-state index contributed by atoms with van der Waals surface area (Å²) in [4.78, 5) is 2.31. The average Bonchev–Trinajstić information content (AvgIpc) is 2.87. The second-order valence-corrected chi connectivity index (χ2v) is 6.03. The monoisotopic (exact) mass is 304 g/mol. The third kappa shape index (κ3) is 3.05. The lowest BCUT2D eigenvalue weighted by Crippen LogP contribution is -2.30. The first-order valence-electron chi connectivity index (χ1n) is 6.55. The molecule has 1 saturated heterocycles. The van der Waals surface area contributed by atoms with Gasteiger partial charge in [-0.15, -0.1) is 12.4 Å². The molecule has 1 aliphatic heterocycles. The Morgan fingerprint density at radius 1 is 1.32 bits per heavy atom. The van der Waals surface area contributed by atoms with Crippen molar-refractivity contribution in [3.8, 4) is 0 Å². The summed E-state index contributed by atoms with van der Waals surface area (Å²) >= 11 is 5.92. The molecule has 0 bridgehead atoms. The average molecular weight is 305 g/mol. The second-order valence-electron chi connectivity index (χ2n) is 5.59. The molecule has 0 aromatic heterocycles. The van der Waals surface area contributed by atoms with Crippen LogP contribution in [0.3, 0.4) is 0 Å². The van der Waals surface area contributed by atoms with Gasteiger partial charge in [0.1, 0.15) is 5.82 Å². The molecular weight excluding hydrogens is 286 g/mol. The van der Waals surface area contributed by atoms with E-state index in [0.717, 1.165) is 19.5 Å². The van der Waals surface area contributed by atoms with Crippen molar-refractivity contribution < 1.29 is 4.39 Å². The van der Waals surface area contributed by atoms with Gasteiger partial charge in [-0.1, -0.05) is 11.6 Å². The molecule has 19 heavy (non-hydrogen) atoms. The quantitative estimate of drug-likeness (QED) is 0.910. The highest BCUT2D eigenvalue weighted by molar-refractivity contribution is 6.30. The Hall–Kier alpha value is -0.350. The van der Waals surface area contributed by atoms with Crippen LogP contribution in [-0.2, 0) is 6.54 Å². The zero-order valence-corrected chi connectivity index (χ0v) is 12.3. The highest BCUT2D eigenvalue weighted by Crippen LogP contribution is 2.37. The van der Waals surface area contributed by atoms with E-state index in [2.05, 4.69) is 4.90 Å². The van der Waals surface area contributed by atoms with Crippen LogP contribution in [0.15, 0.2) is 18.2 Å². The van der Waals surface area contributed by atoms with Crippen molar-refractivity contribution in [2.24, 2.45) is 17.6 Å². The normalized spacial score (nSPS) is 30.2. The van der Waals surface area contributed by atoms with Crippen molar-refractivity contribution in [3.63, 3.8) is 0 Å². The van der Waals surface area contributed by atoms with E-state index < -0.39 is 0 Å². The van der Waals surface area contributed by atoms with Crippen LogP contribution in [-0.4, -0.2) is 24.0 Å². The van der Waals surface area contributed by atoms with Crippen LogP contribution in [0.5, 0.6) is 0 Å². The van der Waals surface area contributed by atoms with Crippen molar-refractivity contribution in [2.45, 2.75) is 25.4 Å². The molecule has 0 radical (unpaired) electrons. The van der Waals surface area contributed by atoms with E-state index in [4.69, 9.17) is 17.3 Å². The SMILES string of the molecule is Cl.NC1CCC2CN(Cc3cc(Cl)ccc3F)CC12. The Morgan fingerprint density at radius 2 is 2.11 bits per heavy atom. The van der Waals surface area contributed by atoms with Crippen LogP contribution < -0.4 is 5.73 Å². The molecule has 2 aliphatic rings. The summed E-state index contributed by atoms with van der Waals surface area (Å²) in [6, 6.07) is 5.10. The van der Waals surface area contributed by atoms with Crippen molar-refractivity contribution in [2.75, 3.05) is 13.1 Å². The van der Waals surface area contributed by atoms with Crippen LogP contribution >= 0.6 is 24.0 Å². The summed E-state index contributed by atoms with van der Waals surface area (Å²) in [5, 5.41) is 0.600. The number of likely N-dealkylation sites (tertiary alicyclic amines) is 1. The molecule has 1 heterocycles. The number of nitrogens with two attached hydrogens (primary N) is 1. The van der Waals surface area contributed by atoms with Crippen molar-refractivity contribution >= 4 is 24.0 Å². The number of hydrogen-bond donors (Lipinski definition) is 1. The molecule has 1 aliphatic carbocycles. The maximum Gasteiger partial charge on any atom is 0.127 e. The molecule has 2 nitrogen and oxygen atoms in total. The van der Waals surface area contributed by atoms with Gasteiger partial charge in [0.05, 0.1) is 0 Å². The number of hydrogen-bond acceptors (Lipinski definition) is 2. The van der Waals surface area contributed by atoms with E-state index in [9.17, 15) is 4.39 Å². The van der Waals surface area contributed by atoms with Crippen molar-refractivity contribution in [3.05, 3.63) is 34.6 Å². The van der Waals surface area contributed by atoms with Crippen LogP contribution in [0.25, 0.3) is 0 Å². The van der Waals surface area contributed by atoms with E-state index in [-0.39, 0.29) is 18.2 Å². The van der Waals surface area contributed by atoms with Gasteiger partial charge >= 0.3 is 0 Å². The summed E-state index contributed by atoms with van der Waals surface area (Å²) in [5.41, 5.74) is 6.80. The Balaban J connectivity index is 0.00000133. The van der Waals surface area contributed by atoms with E-state index in [1.165, 1.54) is 12.5 Å². The van der Waals surface area contributed by atoms with Crippen LogP contribution in [0, 0.1) is 17.7 Å². The number of fused-ring (bicyclic) bond motifs is 1. The minimum Gasteiger partial charge on any atom is -0.327 e. The predicted molar refractivity (Wildman–Crippen MR) is 78.1 cm³/mol. The zero-order valence-electron chi connectivity index (χ0n) is 10.7. The lowest BCUT2D eigenvalue weighted by atomic mass is 9.98. The summed E-state index contributed by atoms with van der Waals surface area (Å²) in [6.45, 7) is 2.69. The topological polar surface area (TPSA) is 29.3 Å². The lowest BCUT2D eigenvalue weighted by Gasteiger charge is -2.18. The van der Waals surface area contributed by atoms with Crippen molar-refractivity contribution in [1.82, 2.24) is 4.90 Å². The van der Waals surface area contributed by atoms with Gasteiger partial charge in [0, 0.05) is 36.3 Å². The summed E-state index contributed by atoms with van der Waals surface area (Å²) < 4.78 is 13.7. The molecule has 5 heteroatoms. The number of halogens is 3. The van der Waals surface area contributed by atoms with E-state index in [0.29, 0.717) is 35.0 Å². The number of nitrogens with zero attached hydrogens (tertiary/aromatic N) is 1. The molecule has 3 atom stereocenters. The summed E-state index contributed by atoms with van der Waals surface area (Å²) in [6.07, 6.45) is 2.37. The Morgan fingerprint density at radius 3 is 2.84 bits per heavy atom. The smallest absolute Gasteiger partial charge is 0.127 e. The highest BCUT2D eigenvalue weighted by Gasteiger charge is 2.40. The fourth-order valence-corrected chi connectivity index (χ4v) is 3.63. The van der Waals surface area contributed by atoms with Gasteiger partial charge in [0.15, 0.2) is 0 Å². The van der Waals surface area contributed by atoms with Gasteiger partial charge in [-0.2, -0.15) is 0 Å². The minimum atomic E-state index is -0.166. The molecule has 1 aromatic carbocycles. The molecule has 3 rings (SSSR count). The largest absolute Gasteiger partial charge is 0.327 e. The van der Waals surface area contributed by atoms with Gasteiger partial charge < -0.3 is 5.73 Å². The summed E-state index contributed by atoms with van der Waals surface area (Å²) in [5.74, 6) is 1.15. The minimum absolute atomic E-state index is 0. The van der Waals surface area contributed by atoms with Crippen LogP contribution in [0.1, 0.15) is 18.4 Å². The summed E-state index contributed by atoms with van der Waals surface area (Å²) in [7, 11) is 0. The molecule has 0 amide bonds. The van der Waals surface area contributed by atoms with E-state index in [1.807, 2.05) is 0 Å². The van der Waals surface area contributed by atoms with Crippen molar-refractivity contribution in [1.29, 1.82) is 0 Å². The molecular formula is C14H19Cl2FN2. The fourth-order valence-electron chi connectivity index (χ4n) is 3.43. The maximum atomic E-state index is 13.7. The first-order chi connectivity index (χ1) is 8.63. The van der Waals surface area contributed by atoms with Gasteiger partial charge in [-0.3, -0.25) is 4.90 Å². The molecule has 106 valence electrons. The number of benzene rings is 1. The fraction of sp³-hybridized carbons (Fsp3) is 0.571. The lowest BCUT2D eigenvalue weighted by molar-refractivity contribution is 0.294. The molecule has 1 aromatic rings. The van der Waals surface area contributed by atoms with Gasteiger partial charge in [0.25, 0.3) is 0 Å². The second kappa shape index (κ2) is 5.96. The molecule has 2 fully saturated rings. The van der Waals surface area contributed by atoms with E-state index >= 15 is 0 Å². The van der Waals surface area contributed by atoms with E-state index in [1.54, 1.807) is 12.1 Å². The number of rotatable bonds is 2. The predicted octanol–water partition coefficient (Wildman–Crippen LogP) is 3.07. The van der Waals surface area contributed by atoms with Gasteiger partial charge in [0.2, 0.25) is 0 Å². The first kappa shape index (κ1) is 15.0. The third-order valence-corrected chi connectivity index (χ3v) is 4.62. The molecule has 3 unspecified atom stereocenters. The standard InChI is InChI=1S/C14H18ClFN2.ClH/c15-11-2-3-13(16)10(5-11)7-18-6-9-1-4-14(17)12(9)8-18;/h2-3,5,9,12,14H,1,4,6-8,17H2;1H. The molecule has 2 N–H and O–H groups in total. The maximum absolute atomic E-state index is 13.7. The third-order valence-electron chi connectivity index (χ3n) is 4.39. The highest BCUT2D eigenvalue weighted by atomic mass is 35.5. The van der Waals surface area contributed by atoms with Crippen LogP contribution in [0.2, 0.25) is 5.02 Å². The zero-order chi connectivity index (χ0) is 12.7. The van der Waals surface area contributed by atoms with Crippen LogP contribution in [0.4, 0.5) is 4.39 Å². The van der Waals surface area contributed by atoms with Gasteiger partial charge in [-0.05, 0) is 42.9 Å². The Bertz CT molecular complexity index is 455. The van der Waals surface area contributed by atoms with Gasteiger partial charge in [-0.25, -0.2) is 4.39 Å². The first-order valence-corrected chi connectivity index (χ1v) is 6.93. The molecule has 1 saturated carbocycles. The Kier molecular flexibility index (Phi) is 4.72. The molecule has 0 spiro atoms.